The summed E-state index contributed by atoms with van der Waals surface area (Å²) >= 11 is 5.82. The van der Waals surface area contributed by atoms with Gasteiger partial charge in [0.05, 0.1) is 11.2 Å². The van der Waals surface area contributed by atoms with E-state index in [9.17, 15) is 4.79 Å². The number of rotatable bonds is 4. The number of nitrogens with one attached hydrogen (secondary N) is 1. The highest BCUT2D eigenvalue weighted by Crippen LogP contribution is 2.23. The lowest BCUT2D eigenvalue weighted by atomic mass is 9.87. The Morgan fingerprint density at radius 1 is 1.56 bits per heavy atom. The maximum atomic E-state index is 11.5. The van der Waals surface area contributed by atoms with Gasteiger partial charge in [-0.1, -0.05) is 31.4 Å². The lowest BCUT2D eigenvalue weighted by molar-refractivity contribution is 0.299. The van der Waals surface area contributed by atoms with Crippen molar-refractivity contribution in [2.24, 2.45) is 5.92 Å². The van der Waals surface area contributed by atoms with E-state index in [4.69, 9.17) is 11.6 Å². The molecule has 1 fully saturated rings. The van der Waals surface area contributed by atoms with E-state index < -0.39 is 0 Å². The van der Waals surface area contributed by atoms with Gasteiger partial charge in [-0.3, -0.25) is 4.57 Å². The van der Waals surface area contributed by atoms with Gasteiger partial charge in [0.2, 0.25) is 0 Å². The smallest absolute Gasteiger partial charge is 0.312 e. The van der Waals surface area contributed by atoms with Gasteiger partial charge in [0.15, 0.2) is 0 Å². The van der Waals surface area contributed by atoms with E-state index in [1.165, 1.54) is 31.9 Å². The lowest BCUT2D eigenvalue weighted by Crippen LogP contribution is -2.37. The summed E-state index contributed by atoms with van der Waals surface area (Å²) in [5.41, 5.74) is -0.238. The monoisotopic (exact) mass is 269 g/mol. The number of hydrogen-bond donors (Lipinski definition) is 1. The van der Waals surface area contributed by atoms with Gasteiger partial charge in [-0.05, 0) is 18.8 Å². The Morgan fingerprint density at radius 2 is 2.39 bits per heavy atom. The van der Waals surface area contributed by atoms with Crippen molar-refractivity contribution < 1.29 is 0 Å². The van der Waals surface area contributed by atoms with E-state index in [1.807, 2.05) is 0 Å². The maximum Gasteiger partial charge on any atom is 0.347 e. The fraction of sp³-hybridized carbons (Fsp3) is 0.692. The maximum absolute atomic E-state index is 11.5. The summed E-state index contributed by atoms with van der Waals surface area (Å²) in [4.78, 5) is 15.2. The van der Waals surface area contributed by atoms with Crippen LogP contribution in [0, 0.1) is 5.92 Å². The number of hydrogen-bond acceptors (Lipinski definition) is 3. The van der Waals surface area contributed by atoms with E-state index in [1.54, 1.807) is 10.8 Å². The molecule has 2 unspecified atom stereocenters. The average molecular weight is 270 g/mol. The Kier molecular flexibility index (Phi) is 4.78. The van der Waals surface area contributed by atoms with Gasteiger partial charge >= 0.3 is 5.69 Å². The Bertz CT molecular complexity index is 446. The van der Waals surface area contributed by atoms with Crippen LogP contribution in [0.2, 0.25) is 5.02 Å². The molecule has 0 bridgehead atoms. The van der Waals surface area contributed by atoms with Gasteiger partial charge in [-0.15, -0.1) is 0 Å². The summed E-state index contributed by atoms with van der Waals surface area (Å²) in [5.74, 6) is 0.812. The summed E-state index contributed by atoms with van der Waals surface area (Å²) in [6.45, 7) is 3.72. The van der Waals surface area contributed by atoms with Crippen LogP contribution in [0.1, 0.15) is 32.6 Å². The number of halogens is 1. The Morgan fingerprint density at radius 3 is 3.17 bits per heavy atom. The highest BCUT2D eigenvalue weighted by Gasteiger charge is 2.17. The van der Waals surface area contributed by atoms with Crippen LogP contribution < -0.4 is 11.0 Å². The third kappa shape index (κ3) is 3.82. The van der Waals surface area contributed by atoms with Gasteiger partial charge < -0.3 is 5.32 Å². The summed E-state index contributed by atoms with van der Waals surface area (Å²) in [5, 5.41) is 4.02. The van der Waals surface area contributed by atoms with Crippen LogP contribution in [0.3, 0.4) is 0 Å². The van der Waals surface area contributed by atoms with Crippen LogP contribution in [0.4, 0.5) is 0 Å². The minimum atomic E-state index is -0.238. The van der Waals surface area contributed by atoms with E-state index in [0.717, 1.165) is 12.5 Å². The molecule has 4 nitrogen and oxygen atoms in total. The molecule has 1 saturated carbocycles. The van der Waals surface area contributed by atoms with E-state index in [2.05, 4.69) is 17.2 Å². The molecule has 0 saturated heterocycles. The molecule has 0 aromatic carbocycles. The van der Waals surface area contributed by atoms with Crippen LogP contribution >= 0.6 is 11.6 Å². The highest BCUT2D eigenvalue weighted by molar-refractivity contribution is 6.30. The van der Waals surface area contributed by atoms with Gasteiger partial charge in [0.25, 0.3) is 0 Å². The molecular formula is C13H20ClN3O. The summed E-state index contributed by atoms with van der Waals surface area (Å²) in [6.07, 6.45) is 8.15. The zero-order valence-corrected chi connectivity index (χ0v) is 11.5. The summed E-state index contributed by atoms with van der Waals surface area (Å²) in [6, 6.07) is 0.594. The SMILES string of the molecule is CC1CCCC(NCCn2cc(Cl)cnc2=O)C1. The van der Waals surface area contributed by atoms with Crippen LogP contribution in [0.5, 0.6) is 0 Å². The standard InChI is InChI=1S/C13H20ClN3O/c1-10-3-2-4-12(7-10)15-5-6-17-9-11(14)8-16-13(17)18/h8-10,12,15H,2-7H2,1H3. The first-order valence-electron chi connectivity index (χ1n) is 6.60. The predicted molar refractivity (Wildman–Crippen MR) is 72.9 cm³/mol. The Balaban J connectivity index is 1.81. The van der Waals surface area contributed by atoms with Gasteiger partial charge in [-0.25, -0.2) is 9.78 Å². The molecule has 1 aromatic heterocycles. The van der Waals surface area contributed by atoms with Crippen LogP contribution in [-0.2, 0) is 6.54 Å². The largest absolute Gasteiger partial charge is 0.347 e. The topological polar surface area (TPSA) is 46.9 Å². The van der Waals surface area contributed by atoms with Crippen LogP contribution in [0.25, 0.3) is 0 Å². The number of aromatic nitrogens is 2. The zero-order chi connectivity index (χ0) is 13.0. The molecule has 0 aliphatic heterocycles. The molecule has 0 amide bonds. The highest BCUT2D eigenvalue weighted by atomic mass is 35.5. The summed E-state index contributed by atoms with van der Waals surface area (Å²) < 4.78 is 1.56. The Hall–Kier alpha value is -0.870. The lowest BCUT2D eigenvalue weighted by Gasteiger charge is -2.27. The first-order chi connectivity index (χ1) is 8.65. The molecule has 1 N–H and O–H groups in total. The third-order valence-corrected chi connectivity index (χ3v) is 3.74. The van der Waals surface area contributed by atoms with Crippen molar-refractivity contribution >= 4 is 11.6 Å². The fourth-order valence-corrected chi connectivity index (χ4v) is 2.76. The molecule has 1 aromatic rings. The van der Waals surface area contributed by atoms with Crippen molar-refractivity contribution in [2.45, 2.75) is 45.2 Å². The molecule has 1 heterocycles. The molecule has 2 rings (SSSR count). The Labute approximate surface area is 112 Å². The van der Waals surface area contributed by atoms with Gasteiger partial charge in [0.1, 0.15) is 0 Å². The predicted octanol–water partition coefficient (Wildman–Crippen LogP) is 2.06. The van der Waals surface area contributed by atoms with Crippen LogP contribution in [0.15, 0.2) is 17.2 Å². The van der Waals surface area contributed by atoms with E-state index in [-0.39, 0.29) is 5.69 Å². The van der Waals surface area contributed by atoms with Crippen molar-refractivity contribution in [3.8, 4) is 0 Å². The fourth-order valence-electron chi connectivity index (χ4n) is 2.60. The molecule has 100 valence electrons. The minimum Gasteiger partial charge on any atom is -0.312 e. The second-order valence-corrected chi connectivity index (χ2v) is 5.61. The first kappa shape index (κ1) is 13.6. The van der Waals surface area contributed by atoms with Crippen LogP contribution in [-0.4, -0.2) is 22.1 Å². The van der Waals surface area contributed by atoms with Crippen molar-refractivity contribution in [1.82, 2.24) is 14.9 Å². The normalized spacial score (nSPS) is 24.1. The molecule has 5 heteroatoms. The van der Waals surface area contributed by atoms with Gasteiger partial charge in [0, 0.05) is 25.3 Å². The third-order valence-electron chi connectivity index (χ3n) is 3.55. The van der Waals surface area contributed by atoms with Crippen molar-refractivity contribution in [1.29, 1.82) is 0 Å². The van der Waals surface area contributed by atoms with E-state index in [0.29, 0.717) is 17.6 Å². The molecule has 0 spiro atoms. The second kappa shape index (κ2) is 6.34. The van der Waals surface area contributed by atoms with Crippen molar-refractivity contribution in [3.63, 3.8) is 0 Å². The minimum absolute atomic E-state index is 0.238. The summed E-state index contributed by atoms with van der Waals surface area (Å²) in [7, 11) is 0. The first-order valence-corrected chi connectivity index (χ1v) is 6.98. The van der Waals surface area contributed by atoms with E-state index >= 15 is 0 Å². The second-order valence-electron chi connectivity index (χ2n) is 5.17. The molecule has 2 atom stereocenters. The van der Waals surface area contributed by atoms with Gasteiger partial charge in [-0.2, -0.15) is 0 Å². The molecule has 0 radical (unpaired) electrons. The molecule has 1 aliphatic carbocycles. The quantitative estimate of drug-likeness (QED) is 0.910. The zero-order valence-electron chi connectivity index (χ0n) is 10.7. The number of nitrogens with zero attached hydrogens (tertiary/aromatic N) is 2. The van der Waals surface area contributed by atoms with Crippen molar-refractivity contribution in [3.05, 3.63) is 27.9 Å². The molecule has 1 aliphatic rings. The molecule has 18 heavy (non-hydrogen) atoms. The van der Waals surface area contributed by atoms with Crippen molar-refractivity contribution in [2.75, 3.05) is 6.54 Å². The average Bonchev–Trinajstić information content (AvgIpc) is 2.34. The molecular weight excluding hydrogens is 250 g/mol.